The molecule has 1 aromatic carbocycles. The third-order valence-corrected chi connectivity index (χ3v) is 4.63. The van der Waals surface area contributed by atoms with Crippen molar-refractivity contribution in [3.63, 3.8) is 0 Å². The van der Waals surface area contributed by atoms with Gasteiger partial charge < -0.3 is 10.1 Å². The number of rotatable bonds is 9. The smallest absolute Gasteiger partial charge is 0.153 e. The van der Waals surface area contributed by atoms with Crippen LogP contribution in [0.15, 0.2) is 24.3 Å². The van der Waals surface area contributed by atoms with Crippen molar-refractivity contribution in [1.29, 1.82) is 0 Å². The highest BCUT2D eigenvalue weighted by molar-refractivity contribution is 7.91. The van der Waals surface area contributed by atoms with Gasteiger partial charge in [-0.3, -0.25) is 0 Å². The number of ether oxygens (including phenoxy) is 1. The van der Waals surface area contributed by atoms with Gasteiger partial charge in [0.2, 0.25) is 0 Å². The Bertz CT molecular complexity index is 480. The van der Waals surface area contributed by atoms with Gasteiger partial charge in [0, 0.05) is 12.6 Å². The van der Waals surface area contributed by atoms with Gasteiger partial charge in [0.15, 0.2) is 9.84 Å². The van der Waals surface area contributed by atoms with Crippen molar-refractivity contribution in [2.75, 3.05) is 18.1 Å². The van der Waals surface area contributed by atoms with Crippen LogP contribution < -0.4 is 10.1 Å². The summed E-state index contributed by atoms with van der Waals surface area (Å²) in [6, 6.07) is 8.19. The molecule has 0 saturated carbocycles. The highest BCUT2D eigenvalue weighted by Gasteiger charge is 2.09. The van der Waals surface area contributed by atoms with Gasteiger partial charge in [0.1, 0.15) is 12.4 Å². The van der Waals surface area contributed by atoms with E-state index in [-0.39, 0.29) is 18.1 Å². The lowest BCUT2D eigenvalue weighted by Crippen LogP contribution is -2.21. The minimum Gasteiger partial charge on any atom is -0.493 e. The molecule has 1 aromatic rings. The molecule has 1 N–H and O–H groups in total. The van der Waals surface area contributed by atoms with Crippen LogP contribution in [0.3, 0.4) is 0 Å². The van der Waals surface area contributed by atoms with E-state index in [1.807, 2.05) is 31.2 Å². The number of nitrogens with one attached hydrogen (secondary N) is 1. The molecule has 20 heavy (non-hydrogen) atoms. The SMILES string of the molecule is CCCS(=O)(=O)CCOc1ccc(CNC(C)C)cc1. The van der Waals surface area contributed by atoms with Crippen molar-refractivity contribution in [2.24, 2.45) is 0 Å². The van der Waals surface area contributed by atoms with Gasteiger partial charge in [0.25, 0.3) is 0 Å². The molecule has 0 atom stereocenters. The van der Waals surface area contributed by atoms with Gasteiger partial charge in [-0.1, -0.05) is 32.9 Å². The van der Waals surface area contributed by atoms with E-state index >= 15 is 0 Å². The Morgan fingerprint density at radius 3 is 2.35 bits per heavy atom. The quantitative estimate of drug-likeness (QED) is 0.760. The minimum atomic E-state index is -2.96. The molecule has 0 aliphatic carbocycles. The van der Waals surface area contributed by atoms with Crippen LogP contribution in [-0.4, -0.2) is 32.6 Å². The largest absolute Gasteiger partial charge is 0.493 e. The average Bonchev–Trinajstić information content (AvgIpc) is 2.37. The summed E-state index contributed by atoms with van der Waals surface area (Å²) < 4.78 is 28.5. The maximum absolute atomic E-state index is 11.5. The molecule has 5 heteroatoms. The van der Waals surface area contributed by atoms with Gasteiger partial charge in [0.05, 0.1) is 11.5 Å². The Morgan fingerprint density at radius 1 is 1.15 bits per heavy atom. The minimum absolute atomic E-state index is 0.0808. The van der Waals surface area contributed by atoms with E-state index in [0.717, 1.165) is 6.54 Å². The van der Waals surface area contributed by atoms with Crippen LogP contribution in [0.25, 0.3) is 0 Å². The van der Waals surface area contributed by atoms with Gasteiger partial charge in [-0.2, -0.15) is 0 Å². The van der Waals surface area contributed by atoms with Crippen LogP contribution in [0, 0.1) is 0 Å². The third kappa shape index (κ3) is 6.91. The molecule has 4 nitrogen and oxygen atoms in total. The zero-order valence-corrected chi connectivity index (χ0v) is 13.4. The molecule has 0 aromatic heterocycles. The molecule has 0 aliphatic rings. The maximum atomic E-state index is 11.5. The average molecular weight is 299 g/mol. The van der Waals surface area contributed by atoms with Crippen LogP contribution in [0.5, 0.6) is 5.75 Å². The first-order chi connectivity index (χ1) is 9.43. The van der Waals surface area contributed by atoms with Crippen LogP contribution >= 0.6 is 0 Å². The van der Waals surface area contributed by atoms with Gasteiger partial charge in [-0.05, 0) is 24.1 Å². The molecule has 114 valence electrons. The van der Waals surface area contributed by atoms with Gasteiger partial charge >= 0.3 is 0 Å². The molecule has 0 saturated heterocycles. The number of hydrogen-bond acceptors (Lipinski definition) is 4. The highest BCUT2D eigenvalue weighted by atomic mass is 32.2. The zero-order chi connectivity index (χ0) is 15.0. The molecule has 0 unspecified atom stereocenters. The Morgan fingerprint density at radius 2 is 1.80 bits per heavy atom. The van der Waals surface area contributed by atoms with Crippen molar-refractivity contribution in [3.05, 3.63) is 29.8 Å². The summed E-state index contributed by atoms with van der Waals surface area (Å²) in [4.78, 5) is 0. The number of sulfone groups is 1. The van der Waals surface area contributed by atoms with Crippen LogP contribution in [0.1, 0.15) is 32.8 Å². The normalized spacial score (nSPS) is 11.8. The lowest BCUT2D eigenvalue weighted by atomic mass is 10.2. The second kappa shape index (κ2) is 8.27. The molecule has 0 bridgehead atoms. The second-order valence-corrected chi connectivity index (χ2v) is 7.48. The lowest BCUT2D eigenvalue weighted by Gasteiger charge is -2.10. The molecular formula is C15H25NO3S. The van der Waals surface area contributed by atoms with Gasteiger partial charge in [-0.15, -0.1) is 0 Å². The van der Waals surface area contributed by atoms with E-state index in [9.17, 15) is 8.42 Å². The third-order valence-electron chi connectivity index (χ3n) is 2.82. The van der Waals surface area contributed by atoms with Crippen molar-refractivity contribution < 1.29 is 13.2 Å². The fraction of sp³-hybridized carbons (Fsp3) is 0.600. The molecule has 0 radical (unpaired) electrons. The summed E-state index contributed by atoms with van der Waals surface area (Å²) in [7, 11) is -2.96. The van der Waals surface area contributed by atoms with E-state index in [1.54, 1.807) is 0 Å². The predicted molar refractivity (Wildman–Crippen MR) is 82.9 cm³/mol. The molecule has 0 amide bonds. The molecule has 1 rings (SSSR count). The molecule has 0 fully saturated rings. The Balaban J connectivity index is 2.38. The fourth-order valence-electron chi connectivity index (χ4n) is 1.73. The van der Waals surface area contributed by atoms with Gasteiger partial charge in [-0.25, -0.2) is 8.42 Å². The van der Waals surface area contributed by atoms with Crippen molar-refractivity contribution >= 4 is 9.84 Å². The van der Waals surface area contributed by atoms with Crippen LogP contribution in [0.2, 0.25) is 0 Å². The summed E-state index contributed by atoms with van der Waals surface area (Å²) >= 11 is 0. The van der Waals surface area contributed by atoms with E-state index in [2.05, 4.69) is 19.2 Å². The maximum Gasteiger partial charge on any atom is 0.153 e. The van der Waals surface area contributed by atoms with Crippen molar-refractivity contribution in [3.8, 4) is 5.75 Å². The number of benzene rings is 1. The van der Waals surface area contributed by atoms with Crippen molar-refractivity contribution in [2.45, 2.75) is 39.8 Å². The summed E-state index contributed by atoms with van der Waals surface area (Å²) in [5.41, 5.74) is 1.18. The summed E-state index contributed by atoms with van der Waals surface area (Å²) in [5, 5.41) is 3.34. The van der Waals surface area contributed by atoms with E-state index in [0.29, 0.717) is 18.2 Å². The molecule has 0 spiro atoms. The first kappa shape index (κ1) is 17.0. The Labute approximate surface area is 122 Å². The van der Waals surface area contributed by atoms with Crippen LogP contribution in [-0.2, 0) is 16.4 Å². The standard InChI is InChI=1S/C15H25NO3S/c1-4-10-20(17,18)11-9-19-15-7-5-14(6-8-15)12-16-13(2)3/h5-8,13,16H,4,9-12H2,1-3H3. The lowest BCUT2D eigenvalue weighted by molar-refractivity contribution is 0.340. The summed E-state index contributed by atoms with van der Waals surface area (Å²) in [5.74, 6) is 1.03. The van der Waals surface area contributed by atoms with E-state index in [4.69, 9.17) is 4.74 Å². The molecule has 0 aliphatic heterocycles. The van der Waals surface area contributed by atoms with E-state index in [1.165, 1.54) is 5.56 Å². The molecule has 0 heterocycles. The Kier molecular flexibility index (Phi) is 7.02. The predicted octanol–water partition coefficient (Wildman–Crippen LogP) is 2.39. The Hall–Kier alpha value is -1.07. The van der Waals surface area contributed by atoms with Crippen LogP contribution in [0.4, 0.5) is 0 Å². The van der Waals surface area contributed by atoms with Crippen molar-refractivity contribution in [1.82, 2.24) is 5.32 Å². The monoisotopic (exact) mass is 299 g/mol. The summed E-state index contributed by atoms with van der Waals surface area (Å²) in [6.07, 6.45) is 0.653. The molecular weight excluding hydrogens is 274 g/mol. The fourth-order valence-corrected chi connectivity index (χ4v) is 2.89. The second-order valence-electron chi connectivity index (χ2n) is 5.18. The first-order valence-corrected chi connectivity index (χ1v) is 8.90. The summed E-state index contributed by atoms with van der Waals surface area (Å²) in [6.45, 7) is 7.11. The number of hydrogen-bond donors (Lipinski definition) is 1. The topological polar surface area (TPSA) is 55.4 Å². The zero-order valence-electron chi connectivity index (χ0n) is 12.6. The first-order valence-electron chi connectivity index (χ1n) is 7.08. The highest BCUT2D eigenvalue weighted by Crippen LogP contribution is 2.12. The van der Waals surface area contributed by atoms with E-state index < -0.39 is 9.84 Å².